The molecule has 26 heavy (non-hydrogen) atoms. The Bertz CT molecular complexity index is 816. The molecule has 0 aliphatic heterocycles. The summed E-state index contributed by atoms with van der Waals surface area (Å²) in [5.74, 6) is 1.34. The summed E-state index contributed by atoms with van der Waals surface area (Å²) in [6, 6.07) is 15.5. The Morgan fingerprint density at radius 1 is 1.08 bits per heavy atom. The smallest absolute Gasteiger partial charge is 0.204 e. The molecule has 1 atom stereocenters. The fraction of sp³-hybridized carbons (Fsp3) is 0.316. The first-order valence-electron chi connectivity index (χ1n) is 8.37. The van der Waals surface area contributed by atoms with Gasteiger partial charge in [-0.05, 0) is 29.8 Å². The summed E-state index contributed by atoms with van der Waals surface area (Å²) in [5.41, 5.74) is 3.08. The largest absolute Gasteiger partial charge is 0.497 e. The van der Waals surface area contributed by atoms with Crippen molar-refractivity contribution in [2.75, 3.05) is 13.7 Å². The number of nitrogens with zero attached hydrogens (tertiary/aromatic N) is 4. The summed E-state index contributed by atoms with van der Waals surface area (Å²) in [7, 11) is 1.63. The quantitative estimate of drug-likeness (QED) is 0.668. The van der Waals surface area contributed by atoms with E-state index in [9.17, 15) is 5.11 Å². The maximum absolute atomic E-state index is 10.1. The molecule has 0 radical (unpaired) electrons. The SMILES string of the molecule is COc1ccc(COCC(O)Cn2nnc(-c3ccc(C)cc3)n2)cc1. The number of ether oxygens (including phenoxy) is 2. The van der Waals surface area contributed by atoms with E-state index in [-0.39, 0.29) is 13.2 Å². The van der Waals surface area contributed by atoms with E-state index in [4.69, 9.17) is 9.47 Å². The lowest BCUT2D eigenvalue weighted by Crippen LogP contribution is -2.23. The Kier molecular flexibility index (Phi) is 5.93. The van der Waals surface area contributed by atoms with E-state index in [0.717, 1.165) is 16.9 Å². The number of aliphatic hydroxyl groups excluding tert-OH is 1. The highest BCUT2D eigenvalue weighted by Gasteiger charge is 2.10. The second kappa shape index (κ2) is 8.55. The van der Waals surface area contributed by atoms with Gasteiger partial charge in [-0.2, -0.15) is 4.80 Å². The molecule has 7 nitrogen and oxygen atoms in total. The molecule has 136 valence electrons. The summed E-state index contributed by atoms with van der Waals surface area (Å²) in [6.07, 6.45) is -0.715. The molecule has 1 heterocycles. The molecule has 1 N–H and O–H groups in total. The number of aliphatic hydroxyl groups is 1. The number of tetrazole rings is 1. The lowest BCUT2D eigenvalue weighted by atomic mass is 10.1. The molecule has 0 saturated heterocycles. The lowest BCUT2D eigenvalue weighted by molar-refractivity contribution is 0.0165. The fourth-order valence-corrected chi connectivity index (χ4v) is 2.41. The minimum atomic E-state index is -0.715. The van der Waals surface area contributed by atoms with Crippen LogP contribution >= 0.6 is 0 Å². The van der Waals surface area contributed by atoms with Crippen molar-refractivity contribution in [2.24, 2.45) is 0 Å². The maximum atomic E-state index is 10.1. The Morgan fingerprint density at radius 3 is 2.50 bits per heavy atom. The zero-order valence-electron chi connectivity index (χ0n) is 14.9. The van der Waals surface area contributed by atoms with E-state index >= 15 is 0 Å². The molecule has 0 bridgehead atoms. The van der Waals surface area contributed by atoms with Crippen LogP contribution in [0.3, 0.4) is 0 Å². The molecule has 0 fully saturated rings. The second-order valence-corrected chi connectivity index (χ2v) is 6.05. The first kappa shape index (κ1) is 18.0. The van der Waals surface area contributed by atoms with Gasteiger partial charge in [0.15, 0.2) is 0 Å². The number of aryl methyl sites for hydroxylation is 1. The van der Waals surface area contributed by atoms with E-state index in [1.807, 2.05) is 55.5 Å². The van der Waals surface area contributed by atoms with Crippen LogP contribution in [0.4, 0.5) is 0 Å². The third-order valence-electron chi connectivity index (χ3n) is 3.87. The van der Waals surface area contributed by atoms with Crippen LogP contribution in [0.1, 0.15) is 11.1 Å². The highest BCUT2D eigenvalue weighted by atomic mass is 16.5. The topological polar surface area (TPSA) is 82.3 Å². The van der Waals surface area contributed by atoms with Gasteiger partial charge in [-0.25, -0.2) is 0 Å². The van der Waals surface area contributed by atoms with Crippen molar-refractivity contribution in [2.45, 2.75) is 26.2 Å². The molecule has 0 saturated carbocycles. The molecule has 3 rings (SSSR count). The van der Waals surface area contributed by atoms with Gasteiger partial charge in [0, 0.05) is 5.56 Å². The third kappa shape index (κ3) is 4.87. The van der Waals surface area contributed by atoms with E-state index < -0.39 is 6.10 Å². The predicted molar refractivity (Wildman–Crippen MR) is 96.6 cm³/mol. The summed E-state index contributed by atoms with van der Waals surface area (Å²) >= 11 is 0. The molecule has 0 aliphatic carbocycles. The number of methoxy groups -OCH3 is 1. The van der Waals surface area contributed by atoms with Crippen molar-refractivity contribution >= 4 is 0 Å². The van der Waals surface area contributed by atoms with Gasteiger partial charge >= 0.3 is 0 Å². The molecule has 7 heteroatoms. The Morgan fingerprint density at radius 2 is 1.81 bits per heavy atom. The van der Waals surface area contributed by atoms with Gasteiger partial charge in [0.2, 0.25) is 5.82 Å². The van der Waals surface area contributed by atoms with Crippen molar-refractivity contribution in [3.8, 4) is 17.1 Å². The first-order valence-corrected chi connectivity index (χ1v) is 8.37. The highest BCUT2D eigenvalue weighted by Crippen LogP contribution is 2.14. The number of rotatable bonds is 8. The summed E-state index contributed by atoms with van der Waals surface area (Å²) in [4.78, 5) is 1.39. The first-order chi connectivity index (χ1) is 12.6. The molecule has 0 aliphatic rings. The second-order valence-electron chi connectivity index (χ2n) is 6.05. The molecule has 0 spiro atoms. The van der Waals surface area contributed by atoms with Crippen LogP contribution in [0.15, 0.2) is 48.5 Å². The van der Waals surface area contributed by atoms with Gasteiger partial charge in [0.25, 0.3) is 0 Å². The number of aromatic nitrogens is 4. The minimum Gasteiger partial charge on any atom is -0.497 e. The maximum Gasteiger partial charge on any atom is 0.204 e. The van der Waals surface area contributed by atoms with Gasteiger partial charge in [-0.1, -0.05) is 42.0 Å². The number of hydrogen-bond donors (Lipinski definition) is 1. The van der Waals surface area contributed by atoms with E-state index in [1.165, 1.54) is 10.4 Å². The molecule has 0 amide bonds. The van der Waals surface area contributed by atoms with Crippen molar-refractivity contribution in [3.05, 3.63) is 59.7 Å². The van der Waals surface area contributed by atoms with Gasteiger partial charge in [0.1, 0.15) is 5.75 Å². The lowest BCUT2D eigenvalue weighted by Gasteiger charge is -2.10. The molecule has 1 aromatic heterocycles. The zero-order chi connectivity index (χ0) is 18.4. The van der Waals surface area contributed by atoms with Crippen molar-refractivity contribution in [3.63, 3.8) is 0 Å². The van der Waals surface area contributed by atoms with Crippen LogP contribution in [0.5, 0.6) is 5.75 Å². The van der Waals surface area contributed by atoms with Crippen LogP contribution in [-0.4, -0.2) is 45.1 Å². The van der Waals surface area contributed by atoms with Crippen LogP contribution < -0.4 is 4.74 Å². The molecule has 2 aromatic carbocycles. The average Bonchev–Trinajstić information content (AvgIpc) is 3.11. The molecule has 1 unspecified atom stereocenters. The summed E-state index contributed by atoms with van der Waals surface area (Å²) in [6.45, 7) is 2.85. The molecular formula is C19H22N4O3. The zero-order valence-corrected chi connectivity index (χ0v) is 14.9. The highest BCUT2D eigenvalue weighted by molar-refractivity contribution is 5.53. The number of benzene rings is 2. The summed E-state index contributed by atoms with van der Waals surface area (Å²) in [5, 5.41) is 22.4. The monoisotopic (exact) mass is 354 g/mol. The molecular weight excluding hydrogens is 332 g/mol. The van der Waals surface area contributed by atoms with Crippen molar-refractivity contribution in [1.29, 1.82) is 0 Å². The van der Waals surface area contributed by atoms with Crippen LogP contribution in [-0.2, 0) is 17.9 Å². The Balaban J connectivity index is 1.47. The van der Waals surface area contributed by atoms with Gasteiger partial charge in [0.05, 0.1) is 33.0 Å². The van der Waals surface area contributed by atoms with Crippen LogP contribution in [0.2, 0.25) is 0 Å². The van der Waals surface area contributed by atoms with Gasteiger partial charge in [-0.15, -0.1) is 10.2 Å². The normalized spacial score (nSPS) is 12.1. The van der Waals surface area contributed by atoms with Crippen LogP contribution in [0, 0.1) is 6.92 Å². The van der Waals surface area contributed by atoms with Gasteiger partial charge < -0.3 is 14.6 Å². The standard InChI is InChI=1S/C19H22N4O3/c1-14-3-7-16(8-4-14)19-20-22-23(21-19)11-17(24)13-26-12-15-5-9-18(25-2)10-6-15/h3-10,17,24H,11-13H2,1-2H3. The van der Waals surface area contributed by atoms with E-state index in [1.54, 1.807) is 7.11 Å². The van der Waals surface area contributed by atoms with E-state index in [2.05, 4.69) is 15.4 Å². The summed E-state index contributed by atoms with van der Waals surface area (Å²) < 4.78 is 10.7. The average molecular weight is 354 g/mol. The number of hydrogen-bond acceptors (Lipinski definition) is 6. The fourth-order valence-electron chi connectivity index (χ4n) is 2.41. The van der Waals surface area contributed by atoms with Gasteiger partial charge in [-0.3, -0.25) is 0 Å². The Labute approximate surface area is 152 Å². The predicted octanol–water partition coefficient (Wildman–Crippen LogP) is 2.23. The third-order valence-corrected chi connectivity index (χ3v) is 3.87. The van der Waals surface area contributed by atoms with Crippen LogP contribution in [0.25, 0.3) is 11.4 Å². The van der Waals surface area contributed by atoms with Crippen molar-refractivity contribution in [1.82, 2.24) is 20.2 Å². The minimum absolute atomic E-state index is 0.188. The molecule has 3 aromatic rings. The van der Waals surface area contributed by atoms with E-state index in [0.29, 0.717) is 12.4 Å². The van der Waals surface area contributed by atoms with Crippen molar-refractivity contribution < 1.29 is 14.6 Å². The Hall–Kier alpha value is -2.77.